The maximum absolute atomic E-state index is 11.5. The molecule has 0 radical (unpaired) electrons. The number of benzene rings is 1. The van der Waals surface area contributed by atoms with E-state index in [1.165, 1.54) is 0 Å². The van der Waals surface area contributed by atoms with Gasteiger partial charge in [0.25, 0.3) is 0 Å². The molecule has 1 aliphatic heterocycles. The third kappa shape index (κ3) is 7.93. The summed E-state index contributed by atoms with van der Waals surface area (Å²) in [6, 6.07) is 7.62. The van der Waals surface area contributed by atoms with Crippen molar-refractivity contribution in [3.05, 3.63) is 35.2 Å². The number of hydrogen-bond donors (Lipinski definition) is 3. The monoisotopic (exact) mass is 561 g/mol. The number of likely N-dealkylation sites (N-methyl/N-ethyl adjacent to an activating group) is 1. The molecule has 1 saturated heterocycles. The van der Waals surface area contributed by atoms with Crippen LogP contribution in [-0.2, 0) is 11.3 Å². The molecule has 3 rings (SSSR count). The van der Waals surface area contributed by atoms with Gasteiger partial charge < -0.3 is 20.5 Å². The predicted octanol–water partition coefficient (Wildman–Crippen LogP) is 2.27. The molecule has 1 aromatic heterocycles. The molecule has 11 heteroatoms. The van der Waals surface area contributed by atoms with Gasteiger partial charge in [0, 0.05) is 43.3 Å². The number of rotatable bonds is 7. The average molecular weight is 562 g/mol. The Morgan fingerprint density at radius 3 is 2.81 bits per heavy atom. The summed E-state index contributed by atoms with van der Waals surface area (Å²) in [6.07, 6.45) is 1.89. The van der Waals surface area contributed by atoms with Gasteiger partial charge in [0.15, 0.2) is 5.96 Å². The van der Waals surface area contributed by atoms with Gasteiger partial charge in [-0.3, -0.25) is 9.69 Å². The van der Waals surface area contributed by atoms with Gasteiger partial charge in [0.1, 0.15) is 6.54 Å². The van der Waals surface area contributed by atoms with Crippen molar-refractivity contribution in [1.29, 1.82) is 0 Å². The molecule has 170 valence electrons. The number of piperidine rings is 1. The molecule has 0 atom stereocenters. The Hall–Kier alpha value is -1.92. The van der Waals surface area contributed by atoms with E-state index in [2.05, 4.69) is 36.0 Å². The Bertz CT molecular complexity index is 869. The zero-order valence-corrected chi connectivity index (χ0v) is 20.8. The van der Waals surface area contributed by atoms with Crippen LogP contribution in [0.15, 0.2) is 33.8 Å². The van der Waals surface area contributed by atoms with Crippen LogP contribution in [0.2, 0.25) is 5.02 Å². The third-order valence-electron chi connectivity index (χ3n) is 4.84. The van der Waals surface area contributed by atoms with Crippen molar-refractivity contribution in [3.63, 3.8) is 0 Å². The van der Waals surface area contributed by atoms with E-state index in [1.807, 2.05) is 19.1 Å². The van der Waals surface area contributed by atoms with Gasteiger partial charge in [-0.15, -0.1) is 24.0 Å². The van der Waals surface area contributed by atoms with Crippen molar-refractivity contribution < 1.29 is 9.32 Å². The van der Waals surface area contributed by atoms with E-state index in [9.17, 15) is 4.79 Å². The fourth-order valence-electron chi connectivity index (χ4n) is 3.24. The molecule has 0 bridgehead atoms. The lowest BCUT2D eigenvalue weighted by atomic mass is 10.1. The molecule has 0 unspecified atom stereocenters. The number of carbonyl (C=O) groups is 1. The SMILES string of the molecule is CCNC(=NCc1nc(-c2cccc(Cl)c2)no1)NC1CCN(CC(=O)NC)CC1.I. The minimum Gasteiger partial charge on any atom is -0.358 e. The van der Waals surface area contributed by atoms with E-state index < -0.39 is 0 Å². The van der Waals surface area contributed by atoms with Crippen molar-refractivity contribution in [2.45, 2.75) is 32.4 Å². The minimum atomic E-state index is 0. The van der Waals surface area contributed by atoms with Gasteiger partial charge in [-0.2, -0.15) is 4.98 Å². The van der Waals surface area contributed by atoms with Gasteiger partial charge in [-0.1, -0.05) is 28.9 Å². The summed E-state index contributed by atoms with van der Waals surface area (Å²) in [5.74, 6) is 1.68. The molecule has 3 N–H and O–H groups in total. The van der Waals surface area contributed by atoms with Crippen molar-refractivity contribution in [2.75, 3.05) is 33.2 Å². The van der Waals surface area contributed by atoms with Crippen LogP contribution in [0.1, 0.15) is 25.7 Å². The first-order valence-electron chi connectivity index (χ1n) is 10.1. The molecular weight excluding hydrogens is 533 g/mol. The van der Waals surface area contributed by atoms with Crippen LogP contribution in [-0.4, -0.2) is 66.2 Å². The number of likely N-dealkylation sites (tertiary alicyclic amines) is 1. The molecule has 31 heavy (non-hydrogen) atoms. The first kappa shape index (κ1) is 25.3. The number of aromatic nitrogens is 2. The molecule has 1 aromatic carbocycles. The summed E-state index contributed by atoms with van der Waals surface area (Å²) >= 11 is 6.03. The van der Waals surface area contributed by atoms with E-state index >= 15 is 0 Å². The van der Waals surface area contributed by atoms with Gasteiger partial charge in [0.05, 0.1) is 6.54 Å². The number of amides is 1. The van der Waals surface area contributed by atoms with E-state index in [-0.39, 0.29) is 36.4 Å². The summed E-state index contributed by atoms with van der Waals surface area (Å²) in [7, 11) is 1.66. The second-order valence-electron chi connectivity index (χ2n) is 7.09. The second-order valence-corrected chi connectivity index (χ2v) is 7.52. The summed E-state index contributed by atoms with van der Waals surface area (Å²) in [5.41, 5.74) is 0.801. The van der Waals surface area contributed by atoms with Gasteiger partial charge in [0.2, 0.25) is 17.6 Å². The topological polar surface area (TPSA) is 108 Å². The van der Waals surface area contributed by atoms with Crippen molar-refractivity contribution in [1.82, 2.24) is 31.0 Å². The number of nitrogens with zero attached hydrogens (tertiary/aromatic N) is 4. The lowest BCUT2D eigenvalue weighted by Crippen LogP contribution is -2.50. The fraction of sp³-hybridized carbons (Fsp3) is 0.500. The predicted molar refractivity (Wildman–Crippen MR) is 132 cm³/mol. The number of aliphatic imine (C=N–C) groups is 1. The molecule has 1 aliphatic rings. The van der Waals surface area contributed by atoms with Gasteiger partial charge in [-0.25, -0.2) is 4.99 Å². The Balaban J connectivity index is 0.00000341. The first-order valence-corrected chi connectivity index (χ1v) is 10.5. The summed E-state index contributed by atoms with van der Waals surface area (Å²) in [5, 5.41) is 14.0. The average Bonchev–Trinajstić information content (AvgIpc) is 3.22. The smallest absolute Gasteiger partial charge is 0.248 e. The molecule has 1 amide bonds. The number of hydrogen-bond acceptors (Lipinski definition) is 6. The van der Waals surface area contributed by atoms with Crippen molar-refractivity contribution in [3.8, 4) is 11.4 Å². The third-order valence-corrected chi connectivity index (χ3v) is 5.08. The molecule has 0 aliphatic carbocycles. The highest BCUT2D eigenvalue weighted by Crippen LogP contribution is 2.20. The quantitative estimate of drug-likeness (QED) is 0.270. The molecular formula is C20H29ClIN7O2. The largest absolute Gasteiger partial charge is 0.358 e. The van der Waals surface area contributed by atoms with Crippen LogP contribution in [0.4, 0.5) is 0 Å². The number of nitrogens with one attached hydrogen (secondary N) is 3. The lowest BCUT2D eigenvalue weighted by molar-refractivity contribution is -0.122. The Morgan fingerprint density at radius 2 is 2.13 bits per heavy atom. The van der Waals surface area contributed by atoms with Crippen molar-refractivity contribution in [2.24, 2.45) is 4.99 Å². The van der Waals surface area contributed by atoms with E-state index in [0.717, 1.165) is 38.0 Å². The first-order chi connectivity index (χ1) is 14.6. The van der Waals surface area contributed by atoms with Crippen LogP contribution in [0.5, 0.6) is 0 Å². The number of guanidine groups is 1. The maximum atomic E-state index is 11.5. The van der Waals surface area contributed by atoms with Gasteiger partial charge in [-0.05, 0) is 31.9 Å². The molecule has 2 heterocycles. The molecule has 0 spiro atoms. The highest BCUT2D eigenvalue weighted by Gasteiger charge is 2.21. The summed E-state index contributed by atoms with van der Waals surface area (Å²) in [4.78, 5) is 22.7. The minimum absolute atomic E-state index is 0. The molecule has 0 saturated carbocycles. The second kappa shape index (κ2) is 12.8. The maximum Gasteiger partial charge on any atom is 0.248 e. The van der Waals surface area contributed by atoms with E-state index in [1.54, 1.807) is 19.2 Å². The standard InChI is InChI=1S/C20H28ClN7O2.HI/c1-3-23-20(25-16-7-9-28(10-8-16)13-17(29)22-2)24-12-18-26-19(27-30-18)14-5-4-6-15(21)11-14;/h4-6,11,16H,3,7-10,12-13H2,1-2H3,(H,22,29)(H2,23,24,25);1H. The zero-order chi connectivity index (χ0) is 21.3. The summed E-state index contributed by atoms with van der Waals surface area (Å²) < 4.78 is 5.33. The van der Waals surface area contributed by atoms with Crippen LogP contribution in [0.25, 0.3) is 11.4 Å². The zero-order valence-electron chi connectivity index (χ0n) is 17.7. The van der Waals surface area contributed by atoms with E-state index in [0.29, 0.717) is 35.3 Å². The highest BCUT2D eigenvalue weighted by atomic mass is 127. The Kier molecular flexibility index (Phi) is 10.5. The van der Waals surface area contributed by atoms with Crippen LogP contribution in [0, 0.1) is 0 Å². The van der Waals surface area contributed by atoms with Crippen LogP contribution in [0.3, 0.4) is 0 Å². The van der Waals surface area contributed by atoms with Crippen LogP contribution < -0.4 is 16.0 Å². The number of halogens is 2. The fourth-order valence-corrected chi connectivity index (χ4v) is 3.43. The molecule has 1 fully saturated rings. The van der Waals surface area contributed by atoms with E-state index in [4.69, 9.17) is 16.1 Å². The van der Waals surface area contributed by atoms with Crippen molar-refractivity contribution >= 4 is 47.4 Å². The summed E-state index contributed by atoms with van der Waals surface area (Å²) in [6.45, 7) is 5.24. The Morgan fingerprint density at radius 1 is 1.35 bits per heavy atom. The van der Waals surface area contributed by atoms with Gasteiger partial charge >= 0.3 is 0 Å². The van der Waals surface area contributed by atoms with Crippen LogP contribution >= 0.6 is 35.6 Å². The Labute approximate surface area is 204 Å². The lowest BCUT2D eigenvalue weighted by Gasteiger charge is -2.32. The number of carbonyl (C=O) groups excluding carboxylic acids is 1. The normalized spacial score (nSPS) is 15.3. The molecule has 2 aromatic rings. The highest BCUT2D eigenvalue weighted by molar-refractivity contribution is 14.0. The molecule has 9 nitrogen and oxygen atoms in total.